The van der Waals surface area contributed by atoms with Crippen LogP contribution < -0.4 is 0 Å². The molecule has 1 saturated carbocycles. The molecule has 2 unspecified atom stereocenters. The Kier molecular flexibility index (Phi) is 2.70. The van der Waals surface area contributed by atoms with E-state index in [4.69, 9.17) is 0 Å². The molecule has 2 rings (SSSR count). The second-order valence-corrected chi connectivity index (χ2v) is 5.62. The van der Waals surface area contributed by atoms with E-state index in [9.17, 15) is 5.11 Å². The maximum absolute atomic E-state index is 10.2. The summed E-state index contributed by atoms with van der Waals surface area (Å²) >= 11 is 0. The molecule has 0 amide bonds. The number of rotatable bonds is 2. The zero-order chi connectivity index (χ0) is 10.2. The zero-order valence-electron chi connectivity index (χ0n) is 9.42. The Bertz CT molecular complexity index is 240. The summed E-state index contributed by atoms with van der Waals surface area (Å²) in [6.45, 7) is 4.52. The minimum atomic E-state index is -0.136. The van der Waals surface area contributed by atoms with Crippen LogP contribution in [0.5, 0.6) is 0 Å². The standard InChI is InChI=1S/C13H22O/c1-13(2)9-11(13)12(14)10-7-5-3-4-6-8-10/h7,11-12,14H,3-6,8-9H2,1-2H3. The van der Waals surface area contributed by atoms with Crippen molar-refractivity contribution >= 4 is 0 Å². The van der Waals surface area contributed by atoms with E-state index in [1.807, 2.05) is 0 Å². The Morgan fingerprint density at radius 3 is 2.71 bits per heavy atom. The Balaban J connectivity index is 1.97. The van der Waals surface area contributed by atoms with Gasteiger partial charge in [-0.05, 0) is 49.0 Å². The van der Waals surface area contributed by atoms with Crippen molar-refractivity contribution in [3.63, 3.8) is 0 Å². The minimum absolute atomic E-state index is 0.136. The average Bonchev–Trinajstić information content (AvgIpc) is 2.83. The van der Waals surface area contributed by atoms with E-state index < -0.39 is 0 Å². The third-order valence-electron chi connectivity index (χ3n) is 3.93. The van der Waals surface area contributed by atoms with Crippen LogP contribution in [0, 0.1) is 11.3 Å². The first-order valence-corrected chi connectivity index (χ1v) is 5.98. The Morgan fingerprint density at radius 2 is 2.07 bits per heavy atom. The largest absolute Gasteiger partial charge is 0.388 e. The van der Waals surface area contributed by atoms with Crippen molar-refractivity contribution in [2.45, 2.75) is 58.5 Å². The van der Waals surface area contributed by atoms with Crippen LogP contribution in [0.4, 0.5) is 0 Å². The lowest BCUT2D eigenvalue weighted by Gasteiger charge is -2.15. The van der Waals surface area contributed by atoms with E-state index in [0.29, 0.717) is 11.3 Å². The first-order chi connectivity index (χ1) is 6.61. The van der Waals surface area contributed by atoms with Gasteiger partial charge in [0.1, 0.15) is 0 Å². The SMILES string of the molecule is CC1(C)CC1C(O)C1=CCCCCC1. The van der Waals surface area contributed by atoms with Gasteiger partial charge in [0.2, 0.25) is 0 Å². The molecule has 0 heterocycles. The van der Waals surface area contributed by atoms with Crippen molar-refractivity contribution in [1.82, 2.24) is 0 Å². The Labute approximate surface area is 87.2 Å². The molecule has 0 bridgehead atoms. The van der Waals surface area contributed by atoms with Gasteiger partial charge in [0, 0.05) is 0 Å². The summed E-state index contributed by atoms with van der Waals surface area (Å²) in [5, 5.41) is 10.2. The molecule has 0 aromatic heterocycles. The van der Waals surface area contributed by atoms with E-state index in [1.54, 1.807) is 0 Å². The van der Waals surface area contributed by atoms with Gasteiger partial charge < -0.3 is 5.11 Å². The van der Waals surface area contributed by atoms with Gasteiger partial charge in [-0.3, -0.25) is 0 Å². The van der Waals surface area contributed by atoms with Gasteiger partial charge in [-0.2, -0.15) is 0 Å². The lowest BCUT2D eigenvalue weighted by atomic mass is 9.96. The number of hydrogen-bond acceptors (Lipinski definition) is 1. The second-order valence-electron chi connectivity index (χ2n) is 5.62. The van der Waals surface area contributed by atoms with E-state index in [-0.39, 0.29) is 6.10 Å². The smallest absolute Gasteiger partial charge is 0.0783 e. The molecule has 14 heavy (non-hydrogen) atoms. The normalized spacial score (nSPS) is 33.1. The van der Waals surface area contributed by atoms with Gasteiger partial charge in [0.15, 0.2) is 0 Å². The number of hydrogen-bond donors (Lipinski definition) is 1. The molecule has 2 aliphatic rings. The van der Waals surface area contributed by atoms with Gasteiger partial charge in [0.05, 0.1) is 6.10 Å². The lowest BCUT2D eigenvalue weighted by molar-refractivity contribution is 0.167. The predicted octanol–water partition coefficient (Wildman–Crippen LogP) is 3.28. The third-order valence-corrected chi connectivity index (χ3v) is 3.93. The fourth-order valence-corrected chi connectivity index (χ4v) is 2.61. The maximum Gasteiger partial charge on any atom is 0.0783 e. The van der Waals surface area contributed by atoms with Crippen LogP contribution in [0.25, 0.3) is 0 Å². The van der Waals surface area contributed by atoms with E-state index in [1.165, 1.54) is 37.7 Å². The molecule has 0 aliphatic heterocycles. The van der Waals surface area contributed by atoms with Crippen LogP contribution in [0.3, 0.4) is 0 Å². The molecule has 1 nitrogen and oxygen atoms in total. The van der Waals surface area contributed by atoms with Crippen molar-refractivity contribution < 1.29 is 5.11 Å². The van der Waals surface area contributed by atoms with Crippen molar-refractivity contribution in [2.75, 3.05) is 0 Å². The van der Waals surface area contributed by atoms with Gasteiger partial charge >= 0.3 is 0 Å². The van der Waals surface area contributed by atoms with Crippen LogP contribution >= 0.6 is 0 Å². The molecule has 2 atom stereocenters. The zero-order valence-corrected chi connectivity index (χ0v) is 9.42. The van der Waals surface area contributed by atoms with Crippen LogP contribution in [0.15, 0.2) is 11.6 Å². The molecule has 1 fully saturated rings. The van der Waals surface area contributed by atoms with Crippen LogP contribution in [0.1, 0.15) is 52.4 Å². The average molecular weight is 194 g/mol. The highest BCUT2D eigenvalue weighted by molar-refractivity contribution is 5.16. The van der Waals surface area contributed by atoms with Crippen molar-refractivity contribution in [3.05, 3.63) is 11.6 Å². The molecule has 1 N–H and O–H groups in total. The lowest BCUT2D eigenvalue weighted by Crippen LogP contribution is -2.16. The predicted molar refractivity (Wildman–Crippen MR) is 59.1 cm³/mol. The molecule has 2 aliphatic carbocycles. The summed E-state index contributed by atoms with van der Waals surface area (Å²) in [7, 11) is 0. The molecular formula is C13H22O. The molecular weight excluding hydrogens is 172 g/mol. The van der Waals surface area contributed by atoms with Gasteiger partial charge in [-0.25, -0.2) is 0 Å². The third kappa shape index (κ3) is 2.03. The Morgan fingerprint density at radius 1 is 1.36 bits per heavy atom. The second kappa shape index (κ2) is 3.69. The summed E-state index contributed by atoms with van der Waals surface area (Å²) in [5.74, 6) is 0.534. The van der Waals surface area contributed by atoms with Crippen LogP contribution in [-0.4, -0.2) is 11.2 Å². The summed E-state index contributed by atoms with van der Waals surface area (Å²) in [6, 6.07) is 0. The molecule has 0 aromatic carbocycles. The summed E-state index contributed by atoms with van der Waals surface area (Å²) in [4.78, 5) is 0. The minimum Gasteiger partial charge on any atom is -0.388 e. The monoisotopic (exact) mass is 194 g/mol. The van der Waals surface area contributed by atoms with Gasteiger partial charge in [-0.1, -0.05) is 26.3 Å². The van der Waals surface area contributed by atoms with E-state index >= 15 is 0 Å². The molecule has 0 spiro atoms. The first-order valence-electron chi connectivity index (χ1n) is 5.98. The quantitative estimate of drug-likeness (QED) is 0.669. The van der Waals surface area contributed by atoms with E-state index in [0.717, 1.165) is 6.42 Å². The molecule has 1 heteroatoms. The summed E-state index contributed by atoms with van der Waals surface area (Å²) in [6.07, 6.45) is 9.59. The highest BCUT2D eigenvalue weighted by Gasteiger charge is 2.50. The fraction of sp³-hybridized carbons (Fsp3) is 0.846. The highest BCUT2D eigenvalue weighted by atomic mass is 16.3. The van der Waals surface area contributed by atoms with Gasteiger partial charge in [0.25, 0.3) is 0 Å². The molecule has 0 radical (unpaired) electrons. The fourth-order valence-electron chi connectivity index (χ4n) is 2.61. The number of allylic oxidation sites excluding steroid dienone is 1. The summed E-state index contributed by atoms with van der Waals surface area (Å²) in [5.41, 5.74) is 1.73. The number of aliphatic hydroxyl groups is 1. The molecule has 0 aromatic rings. The van der Waals surface area contributed by atoms with E-state index in [2.05, 4.69) is 19.9 Å². The van der Waals surface area contributed by atoms with Gasteiger partial charge in [-0.15, -0.1) is 0 Å². The topological polar surface area (TPSA) is 20.2 Å². The van der Waals surface area contributed by atoms with Crippen molar-refractivity contribution in [1.29, 1.82) is 0 Å². The Hall–Kier alpha value is -0.300. The molecule has 0 saturated heterocycles. The number of aliphatic hydroxyl groups excluding tert-OH is 1. The van der Waals surface area contributed by atoms with Crippen molar-refractivity contribution in [3.8, 4) is 0 Å². The first kappa shape index (κ1) is 10.2. The summed E-state index contributed by atoms with van der Waals surface area (Å²) < 4.78 is 0. The molecule has 80 valence electrons. The van der Waals surface area contributed by atoms with Crippen molar-refractivity contribution in [2.24, 2.45) is 11.3 Å². The maximum atomic E-state index is 10.2. The van der Waals surface area contributed by atoms with Crippen LogP contribution in [0.2, 0.25) is 0 Å². The highest BCUT2D eigenvalue weighted by Crippen LogP contribution is 2.55. The van der Waals surface area contributed by atoms with Crippen LogP contribution in [-0.2, 0) is 0 Å².